The number of nitrogens with zero attached hydrogens (tertiary/aromatic N) is 1. The van der Waals surface area contributed by atoms with Gasteiger partial charge in [-0.05, 0) is 25.3 Å². The lowest BCUT2D eigenvalue weighted by Gasteiger charge is -2.24. The molecular weight excluding hydrogens is 230 g/mol. The Balaban J connectivity index is 1.86. The summed E-state index contributed by atoms with van der Waals surface area (Å²) in [4.78, 5) is 15.9. The van der Waals surface area contributed by atoms with Crippen LogP contribution in [0, 0.1) is 5.92 Å². The van der Waals surface area contributed by atoms with E-state index in [2.05, 4.69) is 10.3 Å². The van der Waals surface area contributed by atoms with Crippen LogP contribution in [0.15, 0.2) is 18.3 Å². The van der Waals surface area contributed by atoms with E-state index in [4.69, 9.17) is 5.73 Å². The summed E-state index contributed by atoms with van der Waals surface area (Å²) >= 11 is 0. The number of aromatic nitrogens is 1. The highest BCUT2D eigenvalue weighted by Crippen LogP contribution is 2.24. The molecule has 18 heavy (non-hydrogen) atoms. The third kappa shape index (κ3) is 3.20. The van der Waals surface area contributed by atoms with Crippen LogP contribution in [0.25, 0.3) is 0 Å². The summed E-state index contributed by atoms with van der Waals surface area (Å²) in [6.07, 6.45) is 4.42. The number of anilines is 1. The number of pyridine rings is 1. The third-order valence-corrected chi connectivity index (χ3v) is 3.40. The van der Waals surface area contributed by atoms with E-state index in [-0.39, 0.29) is 17.9 Å². The van der Waals surface area contributed by atoms with Crippen molar-refractivity contribution >= 4 is 11.7 Å². The predicted octanol–water partition coefficient (Wildman–Crippen LogP) is 0.831. The molecule has 1 aliphatic carbocycles. The molecule has 1 amide bonds. The van der Waals surface area contributed by atoms with E-state index >= 15 is 0 Å². The van der Waals surface area contributed by atoms with E-state index in [0.717, 1.165) is 24.8 Å². The minimum absolute atomic E-state index is 0.00277. The molecule has 0 saturated heterocycles. The number of amides is 1. The molecule has 4 N–H and O–H groups in total. The molecule has 1 aliphatic rings. The van der Waals surface area contributed by atoms with Gasteiger partial charge in [-0.15, -0.1) is 0 Å². The molecule has 2 rings (SSSR count). The van der Waals surface area contributed by atoms with E-state index in [0.29, 0.717) is 18.8 Å². The van der Waals surface area contributed by atoms with Crippen molar-refractivity contribution in [2.75, 3.05) is 5.73 Å². The van der Waals surface area contributed by atoms with Crippen LogP contribution >= 0.6 is 0 Å². The zero-order valence-electron chi connectivity index (χ0n) is 10.3. The number of carbonyl (C=O) groups is 1. The number of aliphatic hydroxyl groups is 1. The highest BCUT2D eigenvalue weighted by Gasteiger charge is 2.25. The van der Waals surface area contributed by atoms with Crippen molar-refractivity contribution in [2.24, 2.45) is 5.92 Å². The maximum atomic E-state index is 11.9. The number of hydrogen-bond acceptors (Lipinski definition) is 4. The fraction of sp³-hybridized carbons (Fsp3) is 0.538. The van der Waals surface area contributed by atoms with Crippen molar-refractivity contribution in [1.29, 1.82) is 0 Å². The number of nitrogens with one attached hydrogen (secondary N) is 1. The predicted molar refractivity (Wildman–Crippen MR) is 68.5 cm³/mol. The average Bonchev–Trinajstić information content (AvgIpc) is 2.37. The number of rotatable bonds is 3. The lowest BCUT2D eigenvalue weighted by atomic mass is 9.86. The van der Waals surface area contributed by atoms with Gasteiger partial charge in [-0.25, -0.2) is 4.98 Å². The average molecular weight is 249 g/mol. The lowest BCUT2D eigenvalue weighted by Crippen LogP contribution is -2.34. The fourth-order valence-electron chi connectivity index (χ4n) is 2.33. The van der Waals surface area contributed by atoms with Gasteiger partial charge in [-0.2, -0.15) is 0 Å². The van der Waals surface area contributed by atoms with E-state index < -0.39 is 0 Å². The van der Waals surface area contributed by atoms with Crippen LogP contribution in [-0.4, -0.2) is 22.1 Å². The maximum absolute atomic E-state index is 11.9. The molecule has 98 valence electrons. The van der Waals surface area contributed by atoms with Crippen molar-refractivity contribution in [1.82, 2.24) is 10.3 Å². The van der Waals surface area contributed by atoms with E-state index in [1.165, 1.54) is 0 Å². The lowest BCUT2D eigenvalue weighted by molar-refractivity contribution is -0.127. The molecule has 0 aromatic carbocycles. The monoisotopic (exact) mass is 249 g/mol. The first-order chi connectivity index (χ1) is 8.66. The number of hydrogen-bond donors (Lipinski definition) is 3. The van der Waals surface area contributed by atoms with Crippen LogP contribution < -0.4 is 11.1 Å². The molecule has 1 aromatic heterocycles. The van der Waals surface area contributed by atoms with Gasteiger partial charge in [0.2, 0.25) is 5.91 Å². The molecule has 0 radical (unpaired) electrons. The standard InChI is InChI=1S/C13H19N3O2/c14-12-10(4-2-6-15-12)8-16-13(18)9-3-1-5-11(17)7-9/h2,4,6,9,11,17H,1,3,5,7-8H2,(H2,14,15)(H,16,18)/t9-,11+/m1/s1. The van der Waals surface area contributed by atoms with Crippen LogP contribution in [-0.2, 0) is 11.3 Å². The summed E-state index contributed by atoms with van der Waals surface area (Å²) < 4.78 is 0. The molecule has 0 unspecified atom stereocenters. The van der Waals surface area contributed by atoms with Gasteiger partial charge in [0.25, 0.3) is 0 Å². The quantitative estimate of drug-likeness (QED) is 0.740. The van der Waals surface area contributed by atoms with Gasteiger partial charge >= 0.3 is 0 Å². The molecule has 0 aliphatic heterocycles. The Hall–Kier alpha value is -1.62. The topological polar surface area (TPSA) is 88.2 Å². The van der Waals surface area contributed by atoms with Crippen molar-refractivity contribution in [3.8, 4) is 0 Å². The zero-order chi connectivity index (χ0) is 13.0. The van der Waals surface area contributed by atoms with Gasteiger partial charge in [-0.3, -0.25) is 4.79 Å². The van der Waals surface area contributed by atoms with Gasteiger partial charge < -0.3 is 16.2 Å². The van der Waals surface area contributed by atoms with E-state index in [1.54, 1.807) is 12.3 Å². The summed E-state index contributed by atoms with van der Waals surface area (Å²) in [5.74, 6) is 0.366. The van der Waals surface area contributed by atoms with Crippen LogP contribution in [0.1, 0.15) is 31.2 Å². The Kier molecular flexibility index (Phi) is 4.15. The van der Waals surface area contributed by atoms with Crippen LogP contribution in [0.5, 0.6) is 0 Å². The Labute approximate surface area is 106 Å². The molecule has 1 saturated carbocycles. The highest BCUT2D eigenvalue weighted by molar-refractivity contribution is 5.78. The molecule has 0 bridgehead atoms. The first-order valence-electron chi connectivity index (χ1n) is 6.32. The van der Waals surface area contributed by atoms with Crippen molar-refractivity contribution in [2.45, 2.75) is 38.3 Å². The summed E-state index contributed by atoms with van der Waals surface area (Å²) in [5.41, 5.74) is 6.53. The molecule has 5 nitrogen and oxygen atoms in total. The van der Waals surface area contributed by atoms with Crippen LogP contribution in [0.2, 0.25) is 0 Å². The van der Waals surface area contributed by atoms with Crippen LogP contribution in [0.4, 0.5) is 5.82 Å². The van der Waals surface area contributed by atoms with Gasteiger partial charge in [0.15, 0.2) is 0 Å². The number of aliphatic hydroxyl groups excluding tert-OH is 1. The molecule has 1 heterocycles. The Bertz CT molecular complexity index is 422. The van der Waals surface area contributed by atoms with E-state index in [9.17, 15) is 9.90 Å². The fourth-order valence-corrected chi connectivity index (χ4v) is 2.33. The van der Waals surface area contributed by atoms with E-state index in [1.807, 2.05) is 6.07 Å². The van der Waals surface area contributed by atoms with Gasteiger partial charge in [0, 0.05) is 24.2 Å². The minimum atomic E-state index is -0.335. The smallest absolute Gasteiger partial charge is 0.223 e. The van der Waals surface area contributed by atoms with Gasteiger partial charge in [0.1, 0.15) is 5.82 Å². The highest BCUT2D eigenvalue weighted by atomic mass is 16.3. The normalized spacial score (nSPS) is 23.6. The zero-order valence-corrected chi connectivity index (χ0v) is 10.3. The maximum Gasteiger partial charge on any atom is 0.223 e. The first kappa shape index (κ1) is 12.8. The Morgan fingerprint density at radius 2 is 2.39 bits per heavy atom. The van der Waals surface area contributed by atoms with Crippen molar-refractivity contribution < 1.29 is 9.90 Å². The second-order valence-corrected chi connectivity index (χ2v) is 4.78. The van der Waals surface area contributed by atoms with Crippen molar-refractivity contribution in [3.05, 3.63) is 23.9 Å². The largest absolute Gasteiger partial charge is 0.393 e. The SMILES string of the molecule is Nc1ncccc1CNC(=O)[C@@H]1CCC[C@H](O)C1. The first-order valence-corrected chi connectivity index (χ1v) is 6.32. The van der Waals surface area contributed by atoms with Crippen molar-refractivity contribution in [3.63, 3.8) is 0 Å². The molecule has 1 aromatic rings. The molecule has 5 heteroatoms. The summed E-state index contributed by atoms with van der Waals surface area (Å²) in [5, 5.41) is 12.4. The third-order valence-electron chi connectivity index (χ3n) is 3.40. The molecular formula is C13H19N3O2. The summed E-state index contributed by atoms with van der Waals surface area (Å²) in [6, 6.07) is 3.64. The van der Waals surface area contributed by atoms with Gasteiger partial charge in [0.05, 0.1) is 6.10 Å². The number of carbonyl (C=O) groups excluding carboxylic acids is 1. The minimum Gasteiger partial charge on any atom is -0.393 e. The second-order valence-electron chi connectivity index (χ2n) is 4.78. The van der Waals surface area contributed by atoms with Gasteiger partial charge in [-0.1, -0.05) is 12.5 Å². The molecule has 1 fully saturated rings. The van der Waals surface area contributed by atoms with Crippen LogP contribution in [0.3, 0.4) is 0 Å². The number of nitrogen functional groups attached to an aromatic ring is 1. The molecule has 0 spiro atoms. The Morgan fingerprint density at radius 3 is 3.11 bits per heavy atom. The Morgan fingerprint density at radius 1 is 1.56 bits per heavy atom. The second kappa shape index (κ2) is 5.82. The summed E-state index contributed by atoms with van der Waals surface area (Å²) in [7, 11) is 0. The molecule has 2 atom stereocenters. The summed E-state index contributed by atoms with van der Waals surface area (Å²) in [6.45, 7) is 0.394. The number of nitrogens with two attached hydrogens (primary N) is 1.